The molecule has 2 aliphatic rings. The van der Waals surface area contributed by atoms with Gasteiger partial charge in [0.25, 0.3) is 0 Å². The summed E-state index contributed by atoms with van der Waals surface area (Å²) in [4.78, 5) is 28.6. The Morgan fingerprint density at radius 3 is 2.81 bits per heavy atom. The number of fused-ring (bicyclic) bond motifs is 3. The molecular weight excluding hydrogens is 396 g/mol. The first-order valence-corrected chi connectivity index (χ1v) is 10.8. The van der Waals surface area contributed by atoms with Crippen molar-refractivity contribution in [2.24, 2.45) is 0 Å². The van der Waals surface area contributed by atoms with E-state index in [0.29, 0.717) is 30.7 Å². The Balaban J connectivity index is 1.35. The standard InChI is InChI=1S/C23H26N4O4/c1-26-8-10-27(11-9-26)12-13-30-16-3-4-17-15(14-16)2-6-19-21(17)22(25-31-19)18-5-7-20(28)24-23(18)29/h2-4,6,14,18H,5,7-13H2,1H3,(H,24,28,29). The predicted octanol–water partition coefficient (Wildman–Crippen LogP) is 2.13. The fourth-order valence-corrected chi connectivity index (χ4v) is 4.42. The van der Waals surface area contributed by atoms with Crippen molar-refractivity contribution in [1.82, 2.24) is 20.3 Å². The van der Waals surface area contributed by atoms with Crippen LogP contribution in [0.15, 0.2) is 34.9 Å². The van der Waals surface area contributed by atoms with Crippen molar-refractivity contribution in [3.8, 4) is 5.75 Å². The molecule has 2 aliphatic heterocycles. The normalized spacial score (nSPS) is 21.0. The van der Waals surface area contributed by atoms with E-state index in [-0.39, 0.29) is 11.8 Å². The predicted molar refractivity (Wildman–Crippen MR) is 116 cm³/mol. The van der Waals surface area contributed by atoms with Crippen LogP contribution in [0.1, 0.15) is 24.5 Å². The highest BCUT2D eigenvalue weighted by Gasteiger charge is 2.32. The number of likely N-dealkylation sites (N-methyl/N-ethyl adjacent to an activating group) is 1. The van der Waals surface area contributed by atoms with Gasteiger partial charge >= 0.3 is 0 Å². The van der Waals surface area contributed by atoms with Crippen LogP contribution in [-0.4, -0.2) is 73.1 Å². The number of carbonyl (C=O) groups is 2. The Bertz CT molecular complexity index is 1130. The molecule has 0 bridgehead atoms. The summed E-state index contributed by atoms with van der Waals surface area (Å²) in [7, 11) is 2.15. The minimum absolute atomic E-state index is 0.239. The first-order valence-electron chi connectivity index (χ1n) is 10.8. The zero-order valence-electron chi connectivity index (χ0n) is 17.6. The van der Waals surface area contributed by atoms with E-state index in [4.69, 9.17) is 9.26 Å². The molecule has 1 atom stereocenters. The molecule has 162 valence electrons. The topological polar surface area (TPSA) is 87.9 Å². The van der Waals surface area contributed by atoms with Crippen molar-refractivity contribution in [2.75, 3.05) is 46.4 Å². The minimum Gasteiger partial charge on any atom is -0.492 e. The highest BCUT2D eigenvalue weighted by atomic mass is 16.5. The van der Waals surface area contributed by atoms with E-state index in [1.165, 1.54) is 0 Å². The molecule has 0 spiro atoms. The summed E-state index contributed by atoms with van der Waals surface area (Å²) < 4.78 is 11.5. The lowest BCUT2D eigenvalue weighted by Gasteiger charge is -2.32. The summed E-state index contributed by atoms with van der Waals surface area (Å²) in [6, 6.07) is 9.81. The molecule has 1 N–H and O–H groups in total. The third-order valence-corrected chi connectivity index (χ3v) is 6.29. The molecule has 5 rings (SSSR count). The van der Waals surface area contributed by atoms with Crippen LogP contribution in [0.2, 0.25) is 0 Å². The number of rotatable bonds is 5. The quantitative estimate of drug-likeness (QED) is 0.630. The van der Waals surface area contributed by atoms with Gasteiger partial charge < -0.3 is 14.2 Å². The average Bonchev–Trinajstić information content (AvgIpc) is 3.19. The zero-order chi connectivity index (χ0) is 21.4. The van der Waals surface area contributed by atoms with Gasteiger partial charge in [0.15, 0.2) is 5.58 Å². The monoisotopic (exact) mass is 422 g/mol. The van der Waals surface area contributed by atoms with Gasteiger partial charge in [0.05, 0.1) is 11.3 Å². The van der Waals surface area contributed by atoms with Crippen LogP contribution in [-0.2, 0) is 9.59 Å². The number of imide groups is 1. The largest absolute Gasteiger partial charge is 0.492 e. The Kier molecular flexibility index (Phi) is 5.33. The molecule has 2 fully saturated rings. The molecule has 8 nitrogen and oxygen atoms in total. The Morgan fingerprint density at radius 1 is 1.16 bits per heavy atom. The lowest BCUT2D eigenvalue weighted by molar-refractivity contribution is -0.134. The molecule has 2 amide bonds. The van der Waals surface area contributed by atoms with Crippen LogP contribution in [0, 0.1) is 0 Å². The SMILES string of the molecule is CN1CCN(CCOc2ccc3c(ccc4onc(C5CCC(=O)NC5=O)c43)c2)CC1. The fourth-order valence-electron chi connectivity index (χ4n) is 4.42. The molecule has 3 heterocycles. The summed E-state index contributed by atoms with van der Waals surface area (Å²) in [5.74, 6) is -0.214. The molecule has 0 aliphatic carbocycles. The second-order valence-electron chi connectivity index (χ2n) is 8.39. The maximum atomic E-state index is 12.4. The molecule has 1 aromatic heterocycles. The summed E-state index contributed by atoms with van der Waals surface area (Å²) in [5.41, 5.74) is 1.23. The van der Waals surface area contributed by atoms with E-state index in [2.05, 4.69) is 27.3 Å². The van der Waals surface area contributed by atoms with Crippen LogP contribution in [0.25, 0.3) is 21.7 Å². The molecule has 1 unspecified atom stereocenters. The first-order chi connectivity index (χ1) is 15.1. The van der Waals surface area contributed by atoms with Gasteiger partial charge in [-0.05, 0) is 48.5 Å². The number of aromatic nitrogens is 1. The Hall–Kier alpha value is -2.97. The zero-order valence-corrected chi connectivity index (χ0v) is 17.6. The number of amides is 2. The van der Waals surface area contributed by atoms with Gasteiger partial charge in [-0.15, -0.1) is 0 Å². The summed E-state index contributed by atoms with van der Waals surface area (Å²) in [5, 5.41) is 9.39. The third kappa shape index (κ3) is 4.00. The van der Waals surface area contributed by atoms with E-state index < -0.39 is 5.92 Å². The van der Waals surface area contributed by atoms with Gasteiger partial charge in [-0.2, -0.15) is 0 Å². The van der Waals surface area contributed by atoms with E-state index >= 15 is 0 Å². The number of piperidine rings is 1. The van der Waals surface area contributed by atoms with Crippen LogP contribution in [0.5, 0.6) is 5.75 Å². The van der Waals surface area contributed by atoms with Crippen molar-refractivity contribution in [1.29, 1.82) is 0 Å². The molecule has 0 saturated carbocycles. The number of piperazine rings is 1. The number of ether oxygens (including phenoxy) is 1. The number of hydrogen-bond donors (Lipinski definition) is 1. The molecule has 3 aromatic rings. The van der Waals surface area contributed by atoms with E-state index in [1.807, 2.05) is 30.3 Å². The highest BCUT2D eigenvalue weighted by Crippen LogP contribution is 2.36. The lowest BCUT2D eigenvalue weighted by atomic mass is 9.91. The Labute approximate surface area is 180 Å². The lowest BCUT2D eigenvalue weighted by Crippen LogP contribution is -2.45. The van der Waals surface area contributed by atoms with Crippen LogP contribution >= 0.6 is 0 Å². The number of carbonyl (C=O) groups excluding carboxylic acids is 2. The average molecular weight is 422 g/mol. The molecule has 0 radical (unpaired) electrons. The van der Waals surface area contributed by atoms with Crippen molar-refractivity contribution in [3.63, 3.8) is 0 Å². The second-order valence-corrected chi connectivity index (χ2v) is 8.39. The Morgan fingerprint density at radius 2 is 2.00 bits per heavy atom. The van der Waals surface area contributed by atoms with Crippen LogP contribution < -0.4 is 10.1 Å². The van der Waals surface area contributed by atoms with E-state index in [0.717, 1.165) is 54.6 Å². The number of nitrogens with one attached hydrogen (secondary N) is 1. The summed E-state index contributed by atoms with van der Waals surface area (Å²) in [6.45, 7) is 5.90. The van der Waals surface area contributed by atoms with Gasteiger partial charge in [0.1, 0.15) is 18.1 Å². The van der Waals surface area contributed by atoms with Gasteiger partial charge in [-0.1, -0.05) is 11.2 Å². The number of benzene rings is 2. The smallest absolute Gasteiger partial charge is 0.235 e. The van der Waals surface area contributed by atoms with Gasteiger partial charge in [0, 0.05) is 39.1 Å². The maximum Gasteiger partial charge on any atom is 0.235 e. The van der Waals surface area contributed by atoms with E-state index in [9.17, 15) is 9.59 Å². The third-order valence-electron chi connectivity index (χ3n) is 6.29. The van der Waals surface area contributed by atoms with Crippen molar-refractivity contribution in [2.45, 2.75) is 18.8 Å². The van der Waals surface area contributed by atoms with Crippen molar-refractivity contribution >= 4 is 33.6 Å². The van der Waals surface area contributed by atoms with Gasteiger partial charge in [-0.25, -0.2) is 0 Å². The highest BCUT2D eigenvalue weighted by molar-refractivity contribution is 6.10. The van der Waals surface area contributed by atoms with E-state index in [1.54, 1.807) is 0 Å². The maximum absolute atomic E-state index is 12.4. The molecular formula is C23H26N4O4. The second kappa shape index (κ2) is 8.28. The summed E-state index contributed by atoms with van der Waals surface area (Å²) in [6.07, 6.45) is 0.747. The first kappa shape index (κ1) is 20.0. The molecule has 2 aromatic carbocycles. The molecule has 8 heteroatoms. The van der Waals surface area contributed by atoms with Crippen LogP contribution in [0.4, 0.5) is 0 Å². The van der Waals surface area contributed by atoms with Crippen molar-refractivity contribution < 1.29 is 18.8 Å². The molecule has 31 heavy (non-hydrogen) atoms. The van der Waals surface area contributed by atoms with Gasteiger partial charge in [-0.3, -0.25) is 19.8 Å². The number of hydrogen-bond acceptors (Lipinski definition) is 7. The number of nitrogens with zero attached hydrogens (tertiary/aromatic N) is 3. The summed E-state index contributed by atoms with van der Waals surface area (Å²) >= 11 is 0. The fraction of sp³-hybridized carbons (Fsp3) is 0.435. The molecule has 2 saturated heterocycles. The van der Waals surface area contributed by atoms with Gasteiger partial charge in [0.2, 0.25) is 11.8 Å². The van der Waals surface area contributed by atoms with Crippen LogP contribution in [0.3, 0.4) is 0 Å². The van der Waals surface area contributed by atoms with Crippen molar-refractivity contribution in [3.05, 3.63) is 36.0 Å². The minimum atomic E-state index is -0.482.